The maximum Gasteiger partial charge on any atom is 0.124 e. The lowest BCUT2D eigenvalue weighted by molar-refractivity contribution is 0.611. The van der Waals surface area contributed by atoms with Gasteiger partial charge in [-0.25, -0.2) is 9.97 Å². The second-order valence-corrected chi connectivity index (χ2v) is 9.14. The molecular formula is C26H30N6. The molecule has 6 nitrogen and oxygen atoms in total. The number of hydrogen-bond acceptors (Lipinski definition) is 4. The fraction of sp³-hybridized carbons (Fsp3) is 0.385. The SMILES string of the molecule is c1cc(-c2ccc3nc([C@@H]4CCCN4)[nH]c3c2)ccc1CCc1cnc([C@@H]2CCCN2)[nH]1. The number of fused-ring (bicyclic) bond motifs is 1. The number of aryl methyl sites for hydroxylation is 2. The molecule has 0 amide bonds. The third-order valence-electron chi connectivity index (χ3n) is 6.90. The van der Waals surface area contributed by atoms with E-state index < -0.39 is 0 Å². The quantitative estimate of drug-likeness (QED) is 0.364. The molecule has 0 unspecified atom stereocenters. The van der Waals surface area contributed by atoms with Crippen LogP contribution in [0.25, 0.3) is 22.2 Å². The minimum absolute atomic E-state index is 0.366. The van der Waals surface area contributed by atoms with Crippen LogP contribution >= 0.6 is 0 Å². The monoisotopic (exact) mass is 426 g/mol. The highest BCUT2D eigenvalue weighted by molar-refractivity contribution is 5.82. The minimum atomic E-state index is 0.366. The van der Waals surface area contributed by atoms with Crippen LogP contribution in [0.15, 0.2) is 48.7 Å². The third kappa shape index (κ3) is 3.96. The van der Waals surface area contributed by atoms with Crippen LogP contribution in [0.1, 0.15) is 60.7 Å². The molecule has 4 N–H and O–H groups in total. The van der Waals surface area contributed by atoms with Gasteiger partial charge in [0, 0.05) is 11.9 Å². The number of nitrogens with zero attached hydrogens (tertiary/aromatic N) is 2. The molecule has 0 spiro atoms. The van der Waals surface area contributed by atoms with Crippen molar-refractivity contribution < 1.29 is 0 Å². The summed E-state index contributed by atoms with van der Waals surface area (Å²) >= 11 is 0. The lowest BCUT2D eigenvalue weighted by Gasteiger charge is -2.06. The smallest absolute Gasteiger partial charge is 0.124 e. The predicted octanol–water partition coefficient (Wildman–Crippen LogP) is 4.59. The molecule has 0 radical (unpaired) electrons. The summed E-state index contributed by atoms with van der Waals surface area (Å²) in [5.74, 6) is 2.16. The van der Waals surface area contributed by atoms with Crippen LogP contribution in [0.4, 0.5) is 0 Å². The number of H-pyrrole nitrogens is 2. The highest BCUT2D eigenvalue weighted by Crippen LogP contribution is 2.27. The first kappa shape index (κ1) is 19.7. The van der Waals surface area contributed by atoms with E-state index in [1.807, 2.05) is 6.20 Å². The second kappa shape index (κ2) is 8.52. The highest BCUT2D eigenvalue weighted by atomic mass is 15.0. The molecule has 32 heavy (non-hydrogen) atoms. The predicted molar refractivity (Wildman–Crippen MR) is 127 cm³/mol. The molecule has 4 heterocycles. The first-order chi connectivity index (χ1) is 15.8. The number of hydrogen-bond donors (Lipinski definition) is 4. The number of benzene rings is 2. The van der Waals surface area contributed by atoms with Gasteiger partial charge in [0.05, 0.1) is 23.1 Å². The summed E-state index contributed by atoms with van der Waals surface area (Å²) in [5, 5.41) is 7.03. The molecule has 164 valence electrons. The van der Waals surface area contributed by atoms with Crippen molar-refractivity contribution in [3.63, 3.8) is 0 Å². The van der Waals surface area contributed by atoms with Gasteiger partial charge in [0.15, 0.2) is 0 Å². The van der Waals surface area contributed by atoms with Crippen molar-refractivity contribution >= 4 is 11.0 Å². The highest BCUT2D eigenvalue weighted by Gasteiger charge is 2.20. The van der Waals surface area contributed by atoms with Crippen molar-refractivity contribution in [1.82, 2.24) is 30.6 Å². The number of rotatable bonds is 6. The van der Waals surface area contributed by atoms with Gasteiger partial charge in [0.2, 0.25) is 0 Å². The summed E-state index contributed by atoms with van der Waals surface area (Å²) < 4.78 is 0. The Morgan fingerprint density at radius 1 is 0.781 bits per heavy atom. The van der Waals surface area contributed by atoms with E-state index in [1.165, 1.54) is 41.6 Å². The molecule has 6 rings (SSSR count). The molecule has 6 heteroatoms. The van der Waals surface area contributed by atoms with Crippen LogP contribution in [-0.4, -0.2) is 33.0 Å². The van der Waals surface area contributed by atoms with Crippen LogP contribution in [0.5, 0.6) is 0 Å². The van der Waals surface area contributed by atoms with Crippen LogP contribution < -0.4 is 10.6 Å². The first-order valence-electron chi connectivity index (χ1n) is 11.9. The van der Waals surface area contributed by atoms with E-state index in [1.54, 1.807) is 0 Å². The van der Waals surface area contributed by atoms with Gasteiger partial charge < -0.3 is 20.6 Å². The zero-order valence-electron chi connectivity index (χ0n) is 18.3. The third-order valence-corrected chi connectivity index (χ3v) is 6.90. The summed E-state index contributed by atoms with van der Waals surface area (Å²) in [5.41, 5.74) is 7.18. The summed E-state index contributed by atoms with van der Waals surface area (Å²) in [6.07, 6.45) is 8.79. The van der Waals surface area contributed by atoms with Crippen LogP contribution in [0, 0.1) is 0 Å². The Hall–Kier alpha value is -2.96. The lowest BCUT2D eigenvalue weighted by Crippen LogP contribution is -2.14. The molecule has 2 saturated heterocycles. The van der Waals surface area contributed by atoms with Gasteiger partial charge in [-0.2, -0.15) is 0 Å². The molecule has 2 aliphatic rings. The molecule has 2 fully saturated rings. The Morgan fingerprint density at radius 3 is 2.28 bits per heavy atom. The van der Waals surface area contributed by atoms with E-state index in [-0.39, 0.29) is 0 Å². The Morgan fingerprint density at radius 2 is 1.53 bits per heavy atom. The fourth-order valence-corrected chi connectivity index (χ4v) is 5.03. The van der Waals surface area contributed by atoms with Gasteiger partial charge in [-0.1, -0.05) is 30.3 Å². The van der Waals surface area contributed by atoms with E-state index in [2.05, 4.69) is 68.1 Å². The van der Waals surface area contributed by atoms with Crippen molar-refractivity contribution in [2.24, 2.45) is 0 Å². The number of aromatic amines is 2. The number of imidazole rings is 2. The van der Waals surface area contributed by atoms with Crippen LogP contribution in [0.3, 0.4) is 0 Å². The van der Waals surface area contributed by atoms with Crippen molar-refractivity contribution in [1.29, 1.82) is 0 Å². The Bertz CT molecular complexity index is 1190. The molecule has 4 aromatic rings. The van der Waals surface area contributed by atoms with Gasteiger partial charge >= 0.3 is 0 Å². The van der Waals surface area contributed by atoms with Gasteiger partial charge in [-0.3, -0.25) is 0 Å². The Labute approximate surface area is 188 Å². The van der Waals surface area contributed by atoms with Crippen molar-refractivity contribution in [2.45, 2.75) is 50.6 Å². The largest absolute Gasteiger partial charge is 0.345 e. The number of aromatic nitrogens is 4. The average molecular weight is 427 g/mol. The molecule has 0 bridgehead atoms. The maximum atomic E-state index is 4.79. The minimum Gasteiger partial charge on any atom is -0.345 e. The zero-order chi connectivity index (χ0) is 21.3. The second-order valence-electron chi connectivity index (χ2n) is 9.14. The fourth-order valence-electron chi connectivity index (χ4n) is 5.03. The van der Waals surface area contributed by atoms with Gasteiger partial charge in [-0.05, 0) is 80.4 Å². The van der Waals surface area contributed by atoms with E-state index in [9.17, 15) is 0 Å². The maximum absolute atomic E-state index is 4.79. The molecule has 2 aromatic heterocycles. The summed E-state index contributed by atoms with van der Waals surface area (Å²) in [7, 11) is 0. The van der Waals surface area contributed by atoms with E-state index >= 15 is 0 Å². The molecule has 2 aliphatic heterocycles. The van der Waals surface area contributed by atoms with Crippen molar-refractivity contribution in [2.75, 3.05) is 13.1 Å². The lowest BCUT2D eigenvalue weighted by atomic mass is 10.0. The summed E-state index contributed by atoms with van der Waals surface area (Å²) in [6.45, 7) is 2.18. The average Bonchev–Trinajstić information content (AvgIpc) is 3.63. The van der Waals surface area contributed by atoms with Crippen LogP contribution in [0.2, 0.25) is 0 Å². The standard InChI is InChI=1S/C26H30N6/c1-3-22(27-13-1)25-29-16-20(30-25)11-7-17-5-8-18(9-6-17)19-10-12-21-24(15-19)32-26(31-21)23-4-2-14-28-23/h5-6,8-10,12,15-16,22-23,27-28H,1-4,7,11,13-14H2,(H,29,30)(H,31,32)/t22-,23-/m0/s1. The summed E-state index contributed by atoms with van der Waals surface area (Å²) in [4.78, 5) is 16.4. The van der Waals surface area contributed by atoms with E-state index in [4.69, 9.17) is 4.98 Å². The molecule has 0 aliphatic carbocycles. The molecular weight excluding hydrogens is 396 g/mol. The first-order valence-corrected chi connectivity index (χ1v) is 11.9. The summed E-state index contributed by atoms with van der Waals surface area (Å²) in [6, 6.07) is 16.2. The van der Waals surface area contributed by atoms with Gasteiger partial charge in [0.1, 0.15) is 11.6 Å². The van der Waals surface area contributed by atoms with Crippen molar-refractivity contribution in [3.05, 3.63) is 71.6 Å². The van der Waals surface area contributed by atoms with E-state index in [0.717, 1.165) is 55.0 Å². The molecule has 2 aromatic carbocycles. The topological polar surface area (TPSA) is 81.4 Å². The van der Waals surface area contributed by atoms with E-state index in [0.29, 0.717) is 12.1 Å². The van der Waals surface area contributed by atoms with Crippen molar-refractivity contribution in [3.8, 4) is 11.1 Å². The Kier molecular flexibility index (Phi) is 5.25. The zero-order valence-corrected chi connectivity index (χ0v) is 18.3. The van der Waals surface area contributed by atoms with Crippen LogP contribution in [-0.2, 0) is 12.8 Å². The van der Waals surface area contributed by atoms with Gasteiger partial charge in [0.25, 0.3) is 0 Å². The molecule has 0 saturated carbocycles. The Balaban J connectivity index is 1.12. The molecule has 2 atom stereocenters. The number of nitrogens with one attached hydrogen (secondary N) is 4. The van der Waals surface area contributed by atoms with Gasteiger partial charge in [-0.15, -0.1) is 0 Å². The normalized spacial score (nSPS) is 21.0.